The van der Waals surface area contributed by atoms with Gasteiger partial charge in [0.05, 0.1) is 16.8 Å². The fourth-order valence-electron chi connectivity index (χ4n) is 2.38. The topological polar surface area (TPSA) is 28.6 Å². The van der Waals surface area contributed by atoms with E-state index in [9.17, 15) is 0 Å². The molecule has 1 aliphatic rings. The smallest absolute Gasteiger partial charge is 0.186 e. The summed E-state index contributed by atoms with van der Waals surface area (Å²) in [5.74, 6) is 0. The van der Waals surface area contributed by atoms with E-state index in [-0.39, 0.29) is 0 Å². The number of ether oxygens (including phenoxy) is 1. The van der Waals surface area contributed by atoms with Crippen LogP contribution < -0.4 is 4.90 Å². The Morgan fingerprint density at radius 2 is 2.00 bits per heavy atom. The third kappa shape index (κ3) is 2.88. The average molecular weight is 277 g/mol. The molecule has 3 rings (SSSR count). The molecular formula is C14H19N3OS. The maximum atomic E-state index is 5.13. The van der Waals surface area contributed by atoms with Crippen molar-refractivity contribution < 1.29 is 4.74 Å². The second kappa shape index (κ2) is 5.86. The van der Waals surface area contributed by atoms with Crippen molar-refractivity contribution in [2.45, 2.75) is 0 Å². The molecule has 102 valence electrons. The van der Waals surface area contributed by atoms with E-state index in [2.05, 4.69) is 34.1 Å². The highest BCUT2D eigenvalue weighted by Gasteiger charge is 2.19. The molecule has 19 heavy (non-hydrogen) atoms. The minimum atomic E-state index is 0.821. The number of hydrogen-bond acceptors (Lipinski definition) is 5. The molecule has 0 atom stereocenters. The first-order valence-electron chi connectivity index (χ1n) is 6.68. The molecule has 1 aromatic heterocycles. The SMILES string of the molecule is COCCN1CCN(c2nc3ccccc3s2)CC1. The Kier molecular flexibility index (Phi) is 3.96. The molecule has 0 N–H and O–H groups in total. The van der Waals surface area contributed by atoms with E-state index in [4.69, 9.17) is 9.72 Å². The van der Waals surface area contributed by atoms with Crippen LogP contribution in [0.3, 0.4) is 0 Å². The van der Waals surface area contributed by atoms with Gasteiger partial charge in [0.1, 0.15) is 0 Å². The lowest BCUT2D eigenvalue weighted by atomic mass is 10.3. The molecule has 0 spiro atoms. The number of benzene rings is 1. The van der Waals surface area contributed by atoms with Crippen LogP contribution in [0.4, 0.5) is 5.13 Å². The molecule has 5 heteroatoms. The van der Waals surface area contributed by atoms with Gasteiger partial charge in [0.15, 0.2) is 5.13 Å². The Morgan fingerprint density at radius 3 is 2.74 bits per heavy atom. The number of anilines is 1. The molecule has 0 unspecified atom stereocenters. The Hall–Kier alpha value is -1.17. The van der Waals surface area contributed by atoms with E-state index in [1.165, 1.54) is 4.70 Å². The molecule has 2 heterocycles. The summed E-state index contributed by atoms with van der Waals surface area (Å²) in [6.07, 6.45) is 0. The molecule has 1 aliphatic heterocycles. The van der Waals surface area contributed by atoms with Crippen LogP contribution >= 0.6 is 11.3 Å². The molecule has 1 aromatic carbocycles. The van der Waals surface area contributed by atoms with Gasteiger partial charge in [-0.15, -0.1) is 0 Å². The Morgan fingerprint density at radius 1 is 1.21 bits per heavy atom. The minimum Gasteiger partial charge on any atom is -0.383 e. The zero-order chi connectivity index (χ0) is 13.1. The molecule has 0 bridgehead atoms. The van der Waals surface area contributed by atoms with Gasteiger partial charge in [-0.3, -0.25) is 4.90 Å². The monoisotopic (exact) mass is 277 g/mol. The van der Waals surface area contributed by atoms with Gasteiger partial charge < -0.3 is 9.64 Å². The average Bonchev–Trinajstić information content (AvgIpc) is 2.89. The lowest BCUT2D eigenvalue weighted by Crippen LogP contribution is -2.47. The number of para-hydroxylation sites is 1. The quantitative estimate of drug-likeness (QED) is 0.855. The van der Waals surface area contributed by atoms with Crippen LogP contribution in [0.5, 0.6) is 0 Å². The van der Waals surface area contributed by atoms with Gasteiger partial charge in [-0.1, -0.05) is 23.5 Å². The standard InChI is InChI=1S/C14H19N3OS/c1-18-11-10-16-6-8-17(9-7-16)14-15-12-4-2-3-5-13(12)19-14/h2-5H,6-11H2,1H3. The van der Waals surface area contributed by atoms with Gasteiger partial charge in [0.25, 0.3) is 0 Å². The highest BCUT2D eigenvalue weighted by Crippen LogP contribution is 2.28. The number of hydrogen-bond donors (Lipinski definition) is 0. The van der Waals surface area contributed by atoms with Gasteiger partial charge in [0, 0.05) is 39.8 Å². The predicted octanol–water partition coefficient (Wildman–Crippen LogP) is 2.06. The first kappa shape index (κ1) is 12.8. The van der Waals surface area contributed by atoms with E-state index >= 15 is 0 Å². The molecule has 2 aromatic rings. The van der Waals surface area contributed by atoms with Gasteiger partial charge in [0.2, 0.25) is 0 Å². The third-order valence-corrected chi connectivity index (χ3v) is 4.63. The van der Waals surface area contributed by atoms with Crippen LogP contribution in [0.1, 0.15) is 0 Å². The second-order valence-corrected chi connectivity index (χ2v) is 5.79. The van der Waals surface area contributed by atoms with Crippen molar-refractivity contribution >= 4 is 26.7 Å². The molecule has 0 amide bonds. The Labute approximate surface area is 117 Å². The maximum Gasteiger partial charge on any atom is 0.186 e. The van der Waals surface area contributed by atoms with Crippen molar-refractivity contribution in [3.05, 3.63) is 24.3 Å². The number of fused-ring (bicyclic) bond motifs is 1. The van der Waals surface area contributed by atoms with Crippen molar-refractivity contribution in [3.8, 4) is 0 Å². The number of piperazine rings is 1. The summed E-state index contributed by atoms with van der Waals surface area (Å²) in [7, 11) is 1.76. The van der Waals surface area contributed by atoms with Gasteiger partial charge in [-0.05, 0) is 12.1 Å². The molecular weight excluding hydrogens is 258 g/mol. The third-order valence-electron chi connectivity index (χ3n) is 3.54. The second-order valence-electron chi connectivity index (χ2n) is 4.79. The van der Waals surface area contributed by atoms with E-state index < -0.39 is 0 Å². The fourth-order valence-corrected chi connectivity index (χ4v) is 3.40. The summed E-state index contributed by atoms with van der Waals surface area (Å²) >= 11 is 1.79. The van der Waals surface area contributed by atoms with Crippen LogP contribution in [0, 0.1) is 0 Å². The van der Waals surface area contributed by atoms with Gasteiger partial charge in [-0.2, -0.15) is 0 Å². The summed E-state index contributed by atoms with van der Waals surface area (Å²) < 4.78 is 6.41. The largest absolute Gasteiger partial charge is 0.383 e. The molecule has 0 saturated carbocycles. The molecule has 1 fully saturated rings. The maximum absolute atomic E-state index is 5.13. The van der Waals surface area contributed by atoms with Crippen molar-refractivity contribution in [2.24, 2.45) is 0 Å². The minimum absolute atomic E-state index is 0.821. The molecule has 4 nitrogen and oxygen atoms in total. The summed E-state index contributed by atoms with van der Waals surface area (Å²) in [6.45, 7) is 6.16. The van der Waals surface area contributed by atoms with Crippen LogP contribution in [0.25, 0.3) is 10.2 Å². The number of methoxy groups -OCH3 is 1. The Balaban J connectivity index is 1.64. The summed E-state index contributed by atoms with van der Waals surface area (Å²) in [4.78, 5) is 9.57. The summed E-state index contributed by atoms with van der Waals surface area (Å²) in [6, 6.07) is 8.36. The highest BCUT2D eigenvalue weighted by atomic mass is 32.1. The Bertz CT molecular complexity index is 501. The van der Waals surface area contributed by atoms with Crippen LogP contribution in [-0.4, -0.2) is 56.3 Å². The molecule has 1 saturated heterocycles. The van der Waals surface area contributed by atoms with Gasteiger partial charge >= 0.3 is 0 Å². The number of thiazole rings is 1. The fraction of sp³-hybridized carbons (Fsp3) is 0.500. The van der Waals surface area contributed by atoms with E-state index in [0.29, 0.717) is 0 Å². The van der Waals surface area contributed by atoms with Crippen LogP contribution in [-0.2, 0) is 4.74 Å². The van der Waals surface area contributed by atoms with Crippen molar-refractivity contribution in [1.29, 1.82) is 0 Å². The molecule has 0 radical (unpaired) electrons. The van der Waals surface area contributed by atoms with E-state index in [0.717, 1.165) is 50.0 Å². The zero-order valence-corrected chi connectivity index (χ0v) is 12.0. The van der Waals surface area contributed by atoms with Crippen molar-refractivity contribution in [1.82, 2.24) is 9.88 Å². The number of nitrogens with zero attached hydrogens (tertiary/aromatic N) is 3. The summed E-state index contributed by atoms with van der Waals surface area (Å²) in [5, 5.41) is 1.16. The van der Waals surface area contributed by atoms with E-state index in [1.54, 1.807) is 18.4 Å². The molecule has 0 aliphatic carbocycles. The van der Waals surface area contributed by atoms with Crippen molar-refractivity contribution in [2.75, 3.05) is 51.3 Å². The first-order chi connectivity index (χ1) is 9.36. The number of aromatic nitrogens is 1. The van der Waals surface area contributed by atoms with Crippen LogP contribution in [0.15, 0.2) is 24.3 Å². The van der Waals surface area contributed by atoms with Crippen LogP contribution in [0.2, 0.25) is 0 Å². The summed E-state index contributed by atoms with van der Waals surface area (Å²) in [5.41, 5.74) is 1.12. The normalized spacial score (nSPS) is 17.2. The van der Waals surface area contributed by atoms with Crippen molar-refractivity contribution in [3.63, 3.8) is 0 Å². The number of rotatable bonds is 4. The van der Waals surface area contributed by atoms with E-state index in [1.807, 2.05) is 0 Å². The lowest BCUT2D eigenvalue weighted by Gasteiger charge is -2.34. The predicted molar refractivity (Wildman–Crippen MR) is 80.1 cm³/mol. The highest BCUT2D eigenvalue weighted by molar-refractivity contribution is 7.22. The first-order valence-corrected chi connectivity index (χ1v) is 7.50. The zero-order valence-electron chi connectivity index (χ0n) is 11.2. The lowest BCUT2D eigenvalue weighted by molar-refractivity contribution is 0.144. The van der Waals surface area contributed by atoms with Gasteiger partial charge in [-0.25, -0.2) is 4.98 Å².